The second kappa shape index (κ2) is 7.14. The maximum absolute atomic E-state index is 10.5. The second-order valence-corrected chi connectivity index (χ2v) is 6.50. The van der Waals surface area contributed by atoms with Gasteiger partial charge in [0.05, 0.1) is 0 Å². The molecular formula is C11H12Cl3N3OS. The summed E-state index contributed by atoms with van der Waals surface area (Å²) >= 11 is 22.2. The van der Waals surface area contributed by atoms with E-state index in [4.69, 9.17) is 47.0 Å². The van der Waals surface area contributed by atoms with Crippen molar-refractivity contribution in [2.75, 3.05) is 5.32 Å². The Morgan fingerprint density at radius 2 is 2.11 bits per heavy atom. The molecule has 1 atom stereocenters. The Bertz CT molecular complexity index is 465. The summed E-state index contributed by atoms with van der Waals surface area (Å²) in [5.74, 6) is 0. The van der Waals surface area contributed by atoms with Crippen LogP contribution in [0.3, 0.4) is 0 Å². The molecule has 0 radical (unpaired) electrons. The van der Waals surface area contributed by atoms with Crippen LogP contribution in [-0.2, 0) is 4.79 Å². The van der Waals surface area contributed by atoms with Crippen molar-refractivity contribution in [3.05, 3.63) is 29.8 Å². The smallest absolute Gasteiger partial charge is 0.228 e. The summed E-state index contributed by atoms with van der Waals surface area (Å²) < 4.78 is -1.72. The number of rotatable bonds is 4. The molecule has 8 heteroatoms. The van der Waals surface area contributed by atoms with E-state index in [2.05, 4.69) is 16.0 Å². The summed E-state index contributed by atoms with van der Waals surface area (Å²) in [5.41, 5.74) is 1.88. The molecule has 19 heavy (non-hydrogen) atoms. The van der Waals surface area contributed by atoms with Crippen LogP contribution in [0.2, 0.25) is 0 Å². The molecule has 1 aromatic carbocycles. The highest BCUT2D eigenvalue weighted by Gasteiger charge is 2.32. The SMILES string of the molecule is Cc1cccc(NC(=S)N[C@@H](NC=O)C(Cl)(Cl)Cl)c1. The normalized spacial score (nSPS) is 12.4. The molecule has 3 N–H and O–H groups in total. The van der Waals surface area contributed by atoms with E-state index < -0.39 is 9.96 Å². The van der Waals surface area contributed by atoms with Crippen LogP contribution in [0.25, 0.3) is 0 Å². The van der Waals surface area contributed by atoms with Gasteiger partial charge in [-0.05, 0) is 36.8 Å². The second-order valence-electron chi connectivity index (χ2n) is 3.73. The summed E-state index contributed by atoms with van der Waals surface area (Å²) in [5, 5.41) is 8.21. The molecule has 0 bridgehead atoms. The highest BCUT2D eigenvalue weighted by Crippen LogP contribution is 2.28. The van der Waals surface area contributed by atoms with E-state index in [1.54, 1.807) is 0 Å². The fraction of sp³-hybridized carbons (Fsp3) is 0.273. The van der Waals surface area contributed by atoms with Crippen molar-refractivity contribution in [2.45, 2.75) is 16.9 Å². The molecule has 0 spiro atoms. The van der Waals surface area contributed by atoms with Crippen LogP contribution in [-0.4, -0.2) is 21.5 Å². The van der Waals surface area contributed by atoms with Crippen LogP contribution < -0.4 is 16.0 Å². The van der Waals surface area contributed by atoms with Gasteiger partial charge in [-0.2, -0.15) is 0 Å². The quantitative estimate of drug-likeness (QED) is 0.341. The lowest BCUT2D eigenvalue weighted by atomic mass is 10.2. The molecule has 104 valence electrons. The van der Waals surface area contributed by atoms with E-state index in [-0.39, 0.29) is 5.11 Å². The topological polar surface area (TPSA) is 53.2 Å². The molecule has 1 amide bonds. The Labute approximate surface area is 131 Å². The van der Waals surface area contributed by atoms with Crippen molar-refractivity contribution in [3.8, 4) is 0 Å². The van der Waals surface area contributed by atoms with Crippen LogP contribution in [0.1, 0.15) is 5.56 Å². The number of hydrogen-bond donors (Lipinski definition) is 3. The van der Waals surface area contributed by atoms with Crippen LogP contribution in [0, 0.1) is 6.92 Å². The van der Waals surface area contributed by atoms with Gasteiger partial charge in [0.15, 0.2) is 5.11 Å². The van der Waals surface area contributed by atoms with Gasteiger partial charge in [-0.3, -0.25) is 4.79 Å². The number of carbonyl (C=O) groups excluding carboxylic acids is 1. The molecule has 0 aromatic heterocycles. The number of thiocarbonyl (C=S) groups is 1. The number of anilines is 1. The average molecular weight is 341 g/mol. The third-order valence-electron chi connectivity index (χ3n) is 2.11. The Morgan fingerprint density at radius 1 is 1.42 bits per heavy atom. The van der Waals surface area contributed by atoms with E-state index >= 15 is 0 Å². The van der Waals surface area contributed by atoms with Gasteiger partial charge < -0.3 is 16.0 Å². The van der Waals surface area contributed by atoms with Crippen molar-refractivity contribution in [2.24, 2.45) is 0 Å². The number of halogens is 3. The Balaban J connectivity index is 2.65. The zero-order valence-electron chi connectivity index (χ0n) is 9.91. The van der Waals surface area contributed by atoms with E-state index in [0.717, 1.165) is 11.3 Å². The third kappa shape index (κ3) is 5.82. The summed E-state index contributed by atoms with van der Waals surface area (Å²) in [6, 6.07) is 7.60. The molecule has 0 saturated heterocycles. The number of carbonyl (C=O) groups is 1. The first-order chi connectivity index (χ1) is 8.82. The summed E-state index contributed by atoms with van der Waals surface area (Å²) in [6.45, 7) is 1.96. The van der Waals surface area contributed by atoms with Crippen LogP contribution >= 0.6 is 47.0 Å². The molecule has 0 saturated carbocycles. The number of nitrogens with one attached hydrogen (secondary N) is 3. The number of aryl methyl sites for hydroxylation is 1. The Morgan fingerprint density at radius 3 is 2.63 bits per heavy atom. The van der Waals surface area contributed by atoms with Crippen LogP contribution in [0.15, 0.2) is 24.3 Å². The van der Waals surface area contributed by atoms with Gasteiger partial charge >= 0.3 is 0 Å². The van der Waals surface area contributed by atoms with Crippen molar-refractivity contribution >= 4 is 64.2 Å². The molecule has 1 rings (SSSR count). The predicted molar refractivity (Wildman–Crippen MR) is 83.8 cm³/mol. The molecule has 0 unspecified atom stereocenters. The van der Waals surface area contributed by atoms with Crippen molar-refractivity contribution in [3.63, 3.8) is 0 Å². The molecular weight excluding hydrogens is 329 g/mol. The first-order valence-electron chi connectivity index (χ1n) is 5.23. The molecule has 0 aliphatic heterocycles. The summed E-state index contributed by atoms with van der Waals surface area (Å²) in [6.07, 6.45) is -0.505. The van der Waals surface area contributed by atoms with Crippen LogP contribution in [0.4, 0.5) is 5.69 Å². The fourth-order valence-electron chi connectivity index (χ4n) is 1.31. The largest absolute Gasteiger partial charge is 0.339 e. The molecule has 1 aromatic rings. The fourth-order valence-corrected chi connectivity index (χ4v) is 1.90. The van der Waals surface area contributed by atoms with Gasteiger partial charge in [0.1, 0.15) is 6.17 Å². The minimum Gasteiger partial charge on any atom is -0.339 e. The predicted octanol–water partition coefficient (Wildman–Crippen LogP) is 2.72. The van der Waals surface area contributed by atoms with Gasteiger partial charge in [-0.15, -0.1) is 0 Å². The zero-order valence-corrected chi connectivity index (χ0v) is 13.0. The average Bonchev–Trinajstić information content (AvgIpc) is 2.27. The van der Waals surface area contributed by atoms with Gasteiger partial charge in [0.2, 0.25) is 10.2 Å². The van der Waals surface area contributed by atoms with Crippen molar-refractivity contribution < 1.29 is 4.79 Å². The van der Waals surface area contributed by atoms with Crippen molar-refractivity contribution in [1.82, 2.24) is 10.6 Å². The molecule has 0 heterocycles. The highest BCUT2D eigenvalue weighted by atomic mass is 35.6. The number of alkyl halides is 3. The Kier molecular flexibility index (Phi) is 6.13. The zero-order chi connectivity index (χ0) is 14.5. The Hall–Kier alpha value is -0.750. The van der Waals surface area contributed by atoms with E-state index in [1.165, 1.54) is 0 Å². The highest BCUT2D eigenvalue weighted by molar-refractivity contribution is 7.80. The maximum atomic E-state index is 10.5. The lowest BCUT2D eigenvalue weighted by molar-refractivity contribution is -0.110. The van der Waals surface area contributed by atoms with Gasteiger partial charge in [0, 0.05) is 5.69 Å². The summed E-state index contributed by atoms with van der Waals surface area (Å²) in [7, 11) is 0. The minimum atomic E-state index is -1.72. The van der Waals surface area contributed by atoms with Crippen molar-refractivity contribution in [1.29, 1.82) is 0 Å². The number of amides is 1. The standard InChI is InChI=1S/C11H12Cl3N3OS/c1-7-3-2-4-8(5-7)16-10(19)17-9(15-6-18)11(12,13)14/h2-6,9H,1H3,(H,15,18)(H2,16,17,19)/t9-/m1/s1. The molecule has 0 fully saturated rings. The van der Waals surface area contributed by atoms with E-state index in [9.17, 15) is 4.79 Å². The van der Waals surface area contributed by atoms with E-state index in [0.29, 0.717) is 6.41 Å². The van der Waals surface area contributed by atoms with Gasteiger partial charge in [0.25, 0.3) is 0 Å². The minimum absolute atomic E-state index is 0.233. The lowest BCUT2D eigenvalue weighted by Crippen LogP contribution is -2.53. The van der Waals surface area contributed by atoms with Gasteiger partial charge in [-0.25, -0.2) is 0 Å². The van der Waals surface area contributed by atoms with Gasteiger partial charge in [-0.1, -0.05) is 46.9 Å². The maximum Gasteiger partial charge on any atom is 0.228 e. The first kappa shape index (κ1) is 16.3. The number of benzene rings is 1. The van der Waals surface area contributed by atoms with Crippen LogP contribution in [0.5, 0.6) is 0 Å². The summed E-state index contributed by atoms with van der Waals surface area (Å²) in [4.78, 5) is 10.5. The first-order valence-corrected chi connectivity index (χ1v) is 6.77. The molecule has 4 nitrogen and oxygen atoms in total. The molecule has 0 aliphatic carbocycles. The third-order valence-corrected chi connectivity index (χ3v) is 2.99. The monoisotopic (exact) mass is 339 g/mol. The number of hydrogen-bond acceptors (Lipinski definition) is 2. The lowest BCUT2D eigenvalue weighted by Gasteiger charge is -2.26. The van der Waals surface area contributed by atoms with E-state index in [1.807, 2.05) is 31.2 Å². The molecule has 0 aliphatic rings.